The summed E-state index contributed by atoms with van der Waals surface area (Å²) >= 11 is 7.11. The Morgan fingerprint density at radius 3 is 2.26 bits per heavy atom. The molecule has 0 bridgehead atoms. The largest absolute Gasteiger partial charge is 0.481 e. The van der Waals surface area contributed by atoms with Crippen LogP contribution in [0.5, 0.6) is 0 Å². The van der Waals surface area contributed by atoms with Gasteiger partial charge in [-0.05, 0) is 66.1 Å². The number of thiocarbonyl (C=S) groups is 1. The van der Waals surface area contributed by atoms with E-state index in [2.05, 4.69) is 5.32 Å². The summed E-state index contributed by atoms with van der Waals surface area (Å²) in [7, 11) is 0. The topological polar surface area (TPSA) is 86.7 Å². The number of nitrogens with zero attached hydrogens (tertiary/aromatic N) is 1. The normalized spacial score (nSPS) is 21.2. The molecule has 2 N–H and O–H groups in total. The molecule has 0 radical (unpaired) electrons. The van der Waals surface area contributed by atoms with Crippen molar-refractivity contribution in [2.45, 2.75) is 37.7 Å². The number of nitrogens with one attached hydrogen (secondary N) is 1. The molecule has 1 aromatic heterocycles. The van der Waals surface area contributed by atoms with Crippen LogP contribution in [-0.4, -0.2) is 44.7 Å². The van der Waals surface area contributed by atoms with Crippen molar-refractivity contribution in [1.29, 1.82) is 0 Å². The Morgan fingerprint density at radius 2 is 1.69 bits per heavy atom. The fraction of sp³-hybridized carbons (Fsp3) is 0.333. The summed E-state index contributed by atoms with van der Waals surface area (Å²) in [6.45, 7) is -0.379. The molecule has 1 aromatic carbocycles. The minimum Gasteiger partial charge on any atom is -0.481 e. The van der Waals surface area contributed by atoms with Crippen molar-refractivity contribution in [1.82, 2.24) is 10.2 Å². The van der Waals surface area contributed by atoms with Gasteiger partial charge in [0.1, 0.15) is 10.9 Å². The maximum atomic E-state index is 13.2. The van der Waals surface area contributed by atoms with Gasteiger partial charge >= 0.3 is 18.3 Å². The Balaban J connectivity index is 1.48. The fourth-order valence-corrected chi connectivity index (χ4v) is 6.39. The number of carbonyl (C=O) groups excluding carboxylic acids is 2. The lowest BCUT2D eigenvalue weighted by atomic mass is 10.0. The van der Waals surface area contributed by atoms with Crippen LogP contribution in [0.15, 0.2) is 34.6 Å². The molecule has 6 nitrogen and oxygen atoms in total. The molecule has 2 heterocycles. The van der Waals surface area contributed by atoms with E-state index in [-0.39, 0.29) is 45.4 Å². The number of halogens is 6. The zero-order valence-electron chi connectivity index (χ0n) is 19.6. The van der Waals surface area contributed by atoms with Gasteiger partial charge in [-0.1, -0.05) is 24.0 Å². The van der Waals surface area contributed by atoms with E-state index in [1.807, 2.05) is 0 Å². The first-order valence-electron chi connectivity index (χ1n) is 11.3. The number of thioether (sulfide) groups is 1. The smallest absolute Gasteiger partial charge is 0.416 e. The number of thiophene rings is 1. The van der Waals surface area contributed by atoms with E-state index in [1.54, 1.807) is 0 Å². The summed E-state index contributed by atoms with van der Waals surface area (Å²) in [5.41, 5.74) is -3.05. The quantitative estimate of drug-likeness (QED) is 0.237. The van der Waals surface area contributed by atoms with E-state index < -0.39 is 47.2 Å². The van der Waals surface area contributed by atoms with Crippen molar-refractivity contribution in [2.75, 3.05) is 6.54 Å². The first kappa shape index (κ1) is 29.1. The highest BCUT2D eigenvalue weighted by atomic mass is 32.2. The third-order valence-electron chi connectivity index (χ3n) is 6.14. The highest BCUT2D eigenvalue weighted by molar-refractivity contribution is 8.26. The number of hydrogen-bond acceptors (Lipinski definition) is 6. The first-order chi connectivity index (χ1) is 18.1. The Bertz CT molecular complexity index is 1340. The van der Waals surface area contributed by atoms with E-state index >= 15 is 0 Å². The number of aliphatic carboxylic acids is 1. The van der Waals surface area contributed by atoms with Crippen LogP contribution in [-0.2, 0) is 26.7 Å². The predicted molar refractivity (Wildman–Crippen MR) is 137 cm³/mol. The lowest BCUT2D eigenvalue weighted by Gasteiger charge is -2.17. The van der Waals surface area contributed by atoms with Gasteiger partial charge in [0.15, 0.2) is 0 Å². The molecule has 15 heteroatoms. The monoisotopic (exact) mass is 608 g/mol. The van der Waals surface area contributed by atoms with Gasteiger partial charge in [-0.25, -0.2) is 0 Å². The molecule has 2 aromatic rings. The van der Waals surface area contributed by atoms with Crippen LogP contribution >= 0.6 is 35.3 Å². The lowest BCUT2D eigenvalue weighted by Crippen LogP contribution is -2.42. The number of benzene rings is 1. The molecule has 1 saturated carbocycles. The van der Waals surface area contributed by atoms with Gasteiger partial charge in [-0.2, -0.15) is 26.3 Å². The number of carbonyl (C=O) groups is 3. The Morgan fingerprint density at radius 1 is 1.05 bits per heavy atom. The summed E-state index contributed by atoms with van der Waals surface area (Å²) < 4.78 is 79.4. The van der Waals surface area contributed by atoms with Crippen molar-refractivity contribution in [3.63, 3.8) is 0 Å². The Hall–Kier alpha value is -2.91. The molecular formula is C24H18F6N2O4S3. The summed E-state index contributed by atoms with van der Waals surface area (Å²) in [5, 5.41) is 13.2. The van der Waals surface area contributed by atoms with Gasteiger partial charge in [-0.3, -0.25) is 19.3 Å². The van der Waals surface area contributed by atoms with E-state index in [1.165, 1.54) is 17.5 Å². The summed E-state index contributed by atoms with van der Waals surface area (Å²) in [5.74, 6) is -2.56. The van der Waals surface area contributed by atoms with Crippen molar-refractivity contribution < 1.29 is 45.8 Å². The minimum atomic E-state index is -4.98. The Kier molecular flexibility index (Phi) is 8.15. The molecule has 2 atom stereocenters. The maximum absolute atomic E-state index is 13.2. The number of hydrogen-bond donors (Lipinski definition) is 2. The van der Waals surface area contributed by atoms with E-state index in [0.717, 1.165) is 28.0 Å². The van der Waals surface area contributed by atoms with Gasteiger partial charge in [0, 0.05) is 10.9 Å². The second kappa shape index (κ2) is 10.9. The zero-order valence-corrected chi connectivity index (χ0v) is 22.0. The van der Waals surface area contributed by atoms with E-state index in [9.17, 15) is 40.7 Å². The third-order valence-corrected chi connectivity index (χ3v) is 8.39. The lowest BCUT2D eigenvalue weighted by molar-refractivity contribution is -0.143. The van der Waals surface area contributed by atoms with Crippen molar-refractivity contribution in [2.24, 2.45) is 5.92 Å². The molecule has 1 aliphatic heterocycles. The van der Waals surface area contributed by atoms with Crippen molar-refractivity contribution in [3.8, 4) is 11.1 Å². The van der Waals surface area contributed by atoms with Crippen LogP contribution in [0.1, 0.15) is 35.3 Å². The van der Waals surface area contributed by atoms with Crippen LogP contribution in [0.3, 0.4) is 0 Å². The van der Waals surface area contributed by atoms with E-state index in [0.29, 0.717) is 29.9 Å². The molecule has 1 aliphatic carbocycles. The standard InChI is InChI=1S/C24H18F6N2O4S3/c25-23(26,27)14-3-12(4-15(7-14)24(28,29)30)13-6-17(38-10-13)8-18-20(34)32(22(37)39-18)9-19(33)31-16-2-1-11(5-16)21(35)36/h3-4,6-8,10-11,16H,1-2,5,9H2,(H,31,33)(H,35,36)/t11-,16+/m0/s1. The number of carboxylic acids is 1. The first-order valence-corrected chi connectivity index (χ1v) is 13.4. The van der Waals surface area contributed by atoms with Crippen LogP contribution in [0.2, 0.25) is 0 Å². The molecule has 4 rings (SSSR count). The van der Waals surface area contributed by atoms with Crippen molar-refractivity contribution in [3.05, 3.63) is 50.6 Å². The predicted octanol–water partition coefficient (Wildman–Crippen LogP) is 6.02. The van der Waals surface area contributed by atoms with Crippen LogP contribution in [0.25, 0.3) is 17.2 Å². The molecule has 0 unspecified atom stereocenters. The SMILES string of the molecule is O=C(CN1C(=O)C(=Cc2cc(-c3cc(C(F)(F)F)cc(C(F)(F)F)c3)cs2)SC1=S)N[C@@H]1CC[C@H](C(=O)O)C1. The number of carboxylic acid groups (broad SMARTS) is 1. The van der Waals surface area contributed by atoms with Crippen LogP contribution in [0.4, 0.5) is 26.3 Å². The molecular weight excluding hydrogens is 590 g/mol. The molecule has 1 saturated heterocycles. The average molecular weight is 609 g/mol. The van der Waals surface area contributed by atoms with Gasteiger partial charge in [0.2, 0.25) is 5.91 Å². The van der Waals surface area contributed by atoms with Crippen molar-refractivity contribution >= 4 is 63.5 Å². The minimum absolute atomic E-state index is 0.0511. The molecule has 2 fully saturated rings. The van der Waals surface area contributed by atoms with Gasteiger partial charge in [0.05, 0.1) is 21.9 Å². The molecule has 0 spiro atoms. The van der Waals surface area contributed by atoms with Gasteiger partial charge in [0.25, 0.3) is 5.91 Å². The highest BCUT2D eigenvalue weighted by Gasteiger charge is 2.38. The van der Waals surface area contributed by atoms with Crippen LogP contribution in [0, 0.1) is 5.92 Å². The fourth-order valence-electron chi connectivity index (χ4n) is 4.22. The van der Waals surface area contributed by atoms with Gasteiger partial charge in [-0.15, -0.1) is 11.3 Å². The molecule has 2 amide bonds. The number of rotatable bonds is 6. The van der Waals surface area contributed by atoms with Gasteiger partial charge < -0.3 is 10.4 Å². The van der Waals surface area contributed by atoms with E-state index in [4.69, 9.17) is 17.3 Å². The third kappa shape index (κ3) is 6.81. The second-order valence-electron chi connectivity index (χ2n) is 8.91. The highest BCUT2D eigenvalue weighted by Crippen LogP contribution is 2.40. The summed E-state index contributed by atoms with van der Waals surface area (Å²) in [6.07, 6.45) is -7.34. The molecule has 39 heavy (non-hydrogen) atoms. The summed E-state index contributed by atoms with van der Waals surface area (Å²) in [4.78, 5) is 38.0. The Labute approximate surface area is 231 Å². The summed E-state index contributed by atoms with van der Waals surface area (Å²) in [6, 6.07) is 2.34. The average Bonchev–Trinajstić information content (AvgIpc) is 3.55. The van der Waals surface area contributed by atoms with Crippen LogP contribution < -0.4 is 5.32 Å². The molecule has 2 aliphatic rings. The number of amides is 2. The number of alkyl halides is 6. The zero-order chi connectivity index (χ0) is 28.7. The molecule has 208 valence electrons. The maximum Gasteiger partial charge on any atom is 0.416 e. The second-order valence-corrected chi connectivity index (χ2v) is 11.5.